The smallest absolute Gasteiger partial charge is 0.211 e. The molecule has 1 atom stereocenters. The van der Waals surface area contributed by atoms with Crippen molar-refractivity contribution in [3.05, 3.63) is 64.2 Å². The SMILES string of the molecule is CS(=O)(=O)N1CC[C@H](N(Cc2cc(F)ccc2F)c2ccc(C#N)c(Cl)c2)C1. The number of sulfonamides is 1. The first-order valence-electron chi connectivity index (χ1n) is 8.54. The highest BCUT2D eigenvalue weighted by molar-refractivity contribution is 7.88. The predicted molar refractivity (Wildman–Crippen MR) is 104 cm³/mol. The van der Waals surface area contributed by atoms with E-state index in [1.165, 1.54) is 4.31 Å². The Morgan fingerprint density at radius 2 is 2.04 bits per heavy atom. The molecule has 0 unspecified atom stereocenters. The van der Waals surface area contributed by atoms with Crippen molar-refractivity contribution in [3.8, 4) is 6.07 Å². The van der Waals surface area contributed by atoms with E-state index in [1.807, 2.05) is 6.07 Å². The Morgan fingerprint density at radius 1 is 1.29 bits per heavy atom. The van der Waals surface area contributed by atoms with Gasteiger partial charge in [0.25, 0.3) is 0 Å². The minimum absolute atomic E-state index is 0.0358. The van der Waals surface area contributed by atoms with E-state index in [-0.39, 0.29) is 29.7 Å². The van der Waals surface area contributed by atoms with Crippen LogP contribution in [0, 0.1) is 23.0 Å². The molecule has 28 heavy (non-hydrogen) atoms. The largest absolute Gasteiger partial charge is 0.363 e. The highest BCUT2D eigenvalue weighted by Gasteiger charge is 2.33. The van der Waals surface area contributed by atoms with Crippen molar-refractivity contribution in [3.63, 3.8) is 0 Å². The summed E-state index contributed by atoms with van der Waals surface area (Å²) in [5.74, 6) is -1.11. The average molecular weight is 426 g/mol. The Kier molecular flexibility index (Phi) is 5.89. The fourth-order valence-corrected chi connectivity index (χ4v) is 4.42. The second kappa shape index (κ2) is 8.03. The van der Waals surface area contributed by atoms with Crippen molar-refractivity contribution >= 4 is 27.3 Å². The van der Waals surface area contributed by atoms with Gasteiger partial charge < -0.3 is 4.90 Å². The van der Waals surface area contributed by atoms with Crippen molar-refractivity contribution < 1.29 is 17.2 Å². The summed E-state index contributed by atoms with van der Waals surface area (Å²) in [6.45, 7) is 0.608. The molecule has 0 N–H and O–H groups in total. The molecular weight excluding hydrogens is 408 g/mol. The molecule has 1 heterocycles. The maximum atomic E-state index is 14.2. The Morgan fingerprint density at radius 3 is 2.64 bits per heavy atom. The number of halogens is 3. The maximum absolute atomic E-state index is 14.2. The number of nitriles is 1. The summed E-state index contributed by atoms with van der Waals surface area (Å²) in [4.78, 5) is 1.80. The molecule has 0 bridgehead atoms. The van der Waals surface area contributed by atoms with E-state index in [1.54, 1.807) is 23.1 Å². The first-order chi connectivity index (χ1) is 13.2. The fourth-order valence-electron chi connectivity index (χ4n) is 3.32. The normalized spacial score (nSPS) is 17.5. The van der Waals surface area contributed by atoms with E-state index < -0.39 is 21.7 Å². The average Bonchev–Trinajstić information content (AvgIpc) is 3.12. The number of anilines is 1. The molecule has 9 heteroatoms. The van der Waals surface area contributed by atoms with Crippen LogP contribution in [0.2, 0.25) is 5.02 Å². The molecule has 5 nitrogen and oxygen atoms in total. The van der Waals surface area contributed by atoms with Crippen molar-refractivity contribution in [1.82, 2.24) is 4.31 Å². The van der Waals surface area contributed by atoms with Crippen molar-refractivity contribution in [2.45, 2.75) is 19.0 Å². The van der Waals surface area contributed by atoms with Crippen LogP contribution in [0.15, 0.2) is 36.4 Å². The molecule has 1 saturated heterocycles. The second-order valence-corrected chi connectivity index (χ2v) is 9.09. The van der Waals surface area contributed by atoms with Gasteiger partial charge >= 0.3 is 0 Å². The summed E-state index contributed by atoms with van der Waals surface area (Å²) < 4.78 is 53.0. The lowest BCUT2D eigenvalue weighted by atomic mass is 10.1. The van der Waals surface area contributed by atoms with Crippen LogP contribution in [0.4, 0.5) is 14.5 Å². The summed E-state index contributed by atoms with van der Waals surface area (Å²) in [5.41, 5.74) is 1.05. The lowest BCUT2D eigenvalue weighted by Crippen LogP contribution is -2.38. The number of nitrogens with zero attached hydrogens (tertiary/aromatic N) is 3. The Bertz CT molecular complexity index is 1040. The predicted octanol–water partition coefficient (Wildman–Crippen LogP) is 3.53. The molecule has 1 fully saturated rings. The zero-order valence-corrected chi connectivity index (χ0v) is 16.6. The summed E-state index contributed by atoms with van der Waals surface area (Å²) in [5, 5.41) is 9.31. The molecule has 148 valence electrons. The van der Waals surface area contributed by atoms with Crippen LogP contribution in [-0.2, 0) is 16.6 Å². The molecule has 0 spiro atoms. The molecule has 0 aliphatic carbocycles. The monoisotopic (exact) mass is 425 g/mol. The third-order valence-corrected chi connectivity index (χ3v) is 6.37. The van der Waals surface area contributed by atoms with Gasteiger partial charge in [0.1, 0.15) is 17.7 Å². The zero-order valence-electron chi connectivity index (χ0n) is 15.1. The van der Waals surface area contributed by atoms with Gasteiger partial charge in [-0.15, -0.1) is 0 Å². The molecule has 0 saturated carbocycles. The summed E-state index contributed by atoms with van der Waals surface area (Å²) in [6.07, 6.45) is 1.67. The summed E-state index contributed by atoms with van der Waals surface area (Å²) in [7, 11) is -3.35. The van der Waals surface area contributed by atoms with E-state index >= 15 is 0 Å². The van der Waals surface area contributed by atoms with Crippen LogP contribution >= 0.6 is 11.6 Å². The fraction of sp³-hybridized carbons (Fsp3) is 0.316. The second-order valence-electron chi connectivity index (χ2n) is 6.70. The van der Waals surface area contributed by atoms with Gasteiger partial charge in [-0.1, -0.05) is 11.6 Å². The topological polar surface area (TPSA) is 64.4 Å². The van der Waals surface area contributed by atoms with Crippen molar-refractivity contribution in [2.75, 3.05) is 24.2 Å². The van der Waals surface area contributed by atoms with Crippen molar-refractivity contribution in [1.29, 1.82) is 5.26 Å². The van der Waals surface area contributed by atoms with Gasteiger partial charge in [-0.3, -0.25) is 0 Å². The molecule has 3 rings (SSSR count). The van der Waals surface area contributed by atoms with E-state index in [2.05, 4.69) is 0 Å². The third kappa shape index (κ3) is 4.43. The van der Waals surface area contributed by atoms with E-state index in [0.717, 1.165) is 24.5 Å². The minimum Gasteiger partial charge on any atom is -0.363 e. The van der Waals surface area contributed by atoms with Gasteiger partial charge in [-0.2, -0.15) is 5.26 Å². The maximum Gasteiger partial charge on any atom is 0.211 e. The van der Waals surface area contributed by atoms with Crippen LogP contribution in [0.1, 0.15) is 17.5 Å². The van der Waals surface area contributed by atoms with E-state index in [0.29, 0.717) is 24.2 Å². The standard InChI is InChI=1S/C19H18ClF2N3O2S/c1-28(26,27)24-7-6-17(12-24)25(11-14-8-15(21)3-5-19(14)22)16-4-2-13(10-23)18(20)9-16/h2-5,8-9,17H,6-7,11-12H2,1H3/t17-/m0/s1. The number of hydrogen-bond acceptors (Lipinski definition) is 4. The lowest BCUT2D eigenvalue weighted by molar-refractivity contribution is 0.472. The highest BCUT2D eigenvalue weighted by Crippen LogP contribution is 2.30. The Labute approximate surface area is 167 Å². The molecule has 2 aromatic carbocycles. The van der Waals surface area contributed by atoms with Crippen LogP contribution in [0.5, 0.6) is 0 Å². The zero-order chi connectivity index (χ0) is 20.5. The van der Waals surface area contributed by atoms with Crippen LogP contribution in [0.3, 0.4) is 0 Å². The van der Waals surface area contributed by atoms with Gasteiger partial charge in [-0.05, 0) is 42.8 Å². The molecule has 0 radical (unpaired) electrons. The van der Waals surface area contributed by atoms with Gasteiger partial charge in [0.2, 0.25) is 10.0 Å². The minimum atomic E-state index is -3.35. The van der Waals surface area contributed by atoms with Gasteiger partial charge in [-0.25, -0.2) is 21.5 Å². The summed E-state index contributed by atoms with van der Waals surface area (Å²) >= 11 is 6.15. The van der Waals surface area contributed by atoms with Crippen LogP contribution in [-0.4, -0.2) is 38.1 Å². The quantitative estimate of drug-likeness (QED) is 0.735. The molecular formula is C19H18ClF2N3O2S. The van der Waals surface area contributed by atoms with Crippen LogP contribution < -0.4 is 4.90 Å². The number of rotatable bonds is 5. The van der Waals surface area contributed by atoms with Gasteiger partial charge in [0.05, 0.1) is 16.8 Å². The van der Waals surface area contributed by atoms with E-state index in [9.17, 15) is 17.2 Å². The molecule has 0 amide bonds. The molecule has 2 aromatic rings. The number of benzene rings is 2. The van der Waals surface area contributed by atoms with Gasteiger partial charge in [0, 0.05) is 36.9 Å². The highest BCUT2D eigenvalue weighted by atomic mass is 35.5. The molecule has 1 aliphatic heterocycles. The Hall–Kier alpha value is -2.21. The first kappa shape index (κ1) is 20.5. The van der Waals surface area contributed by atoms with Crippen LogP contribution in [0.25, 0.3) is 0 Å². The number of hydrogen-bond donors (Lipinski definition) is 0. The summed E-state index contributed by atoms with van der Waals surface area (Å²) in [6, 6.07) is 9.76. The van der Waals surface area contributed by atoms with Gasteiger partial charge in [0.15, 0.2) is 0 Å². The molecule has 0 aromatic heterocycles. The molecule has 1 aliphatic rings. The van der Waals surface area contributed by atoms with E-state index in [4.69, 9.17) is 16.9 Å². The van der Waals surface area contributed by atoms with Crippen molar-refractivity contribution in [2.24, 2.45) is 0 Å². The Balaban J connectivity index is 1.98. The third-order valence-electron chi connectivity index (χ3n) is 4.79. The lowest BCUT2D eigenvalue weighted by Gasteiger charge is -2.31. The first-order valence-corrected chi connectivity index (χ1v) is 10.8.